The fourth-order valence-corrected chi connectivity index (χ4v) is 4.33. The van der Waals surface area contributed by atoms with E-state index >= 15 is 0 Å². The third-order valence-electron chi connectivity index (χ3n) is 4.67. The maximum absolute atomic E-state index is 12.8. The Morgan fingerprint density at radius 1 is 1.11 bits per heavy atom. The highest BCUT2D eigenvalue weighted by Crippen LogP contribution is 2.30. The van der Waals surface area contributed by atoms with Gasteiger partial charge in [0.05, 0.1) is 16.6 Å². The molecule has 0 saturated heterocycles. The van der Waals surface area contributed by atoms with E-state index in [9.17, 15) is 4.79 Å². The molecule has 0 unspecified atom stereocenters. The van der Waals surface area contributed by atoms with Crippen molar-refractivity contribution in [2.75, 3.05) is 0 Å². The highest BCUT2D eigenvalue weighted by Gasteiger charge is 2.21. The monoisotopic (exact) mass is 391 g/mol. The fourth-order valence-electron chi connectivity index (χ4n) is 3.37. The van der Waals surface area contributed by atoms with Gasteiger partial charge >= 0.3 is 0 Å². The third kappa shape index (κ3) is 2.89. The first-order chi connectivity index (χ1) is 13.2. The molecule has 4 nitrogen and oxygen atoms in total. The van der Waals surface area contributed by atoms with Gasteiger partial charge in [0.1, 0.15) is 10.8 Å². The van der Waals surface area contributed by atoms with Crippen LogP contribution in [0.15, 0.2) is 58.7 Å². The molecule has 5 rings (SSSR count). The van der Waals surface area contributed by atoms with E-state index in [-0.39, 0.29) is 5.56 Å². The maximum atomic E-state index is 12.8. The Bertz CT molecular complexity index is 1260. The van der Waals surface area contributed by atoms with Crippen molar-refractivity contribution in [1.29, 1.82) is 0 Å². The maximum Gasteiger partial charge on any atom is 0.261 e. The van der Waals surface area contributed by atoms with Crippen molar-refractivity contribution in [3.05, 3.63) is 80.8 Å². The molecule has 1 aliphatic rings. The largest absolute Gasteiger partial charge is 0.292 e. The number of hydrogen-bond donors (Lipinski definition) is 0. The van der Waals surface area contributed by atoms with Gasteiger partial charge in [0, 0.05) is 22.5 Å². The molecule has 3 heterocycles. The van der Waals surface area contributed by atoms with E-state index in [0.29, 0.717) is 22.5 Å². The minimum atomic E-state index is -0.0378. The van der Waals surface area contributed by atoms with Crippen LogP contribution in [0.5, 0.6) is 0 Å². The Labute approximate surface area is 164 Å². The molecule has 27 heavy (non-hydrogen) atoms. The summed E-state index contributed by atoms with van der Waals surface area (Å²) in [6.45, 7) is 0.630. The van der Waals surface area contributed by atoms with Gasteiger partial charge in [0.15, 0.2) is 0 Å². The second kappa shape index (κ2) is 6.44. The van der Waals surface area contributed by atoms with Crippen LogP contribution in [0, 0.1) is 0 Å². The van der Waals surface area contributed by atoms with Gasteiger partial charge in [0.25, 0.3) is 5.56 Å². The van der Waals surface area contributed by atoms with Crippen molar-refractivity contribution in [3.63, 3.8) is 0 Å². The van der Waals surface area contributed by atoms with Gasteiger partial charge in [-0.2, -0.15) is 0 Å². The van der Waals surface area contributed by atoms with Crippen molar-refractivity contribution in [2.45, 2.75) is 13.0 Å². The van der Waals surface area contributed by atoms with Crippen molar-refractivity contribution >= 4 is 45.5 Å². The van der Waals surface area contributed by atoms with Crippen LogP contribution in [-0.2, 0) is 6.54 Å². The molecule has 0 amide bonds. The van der Waals surface area contributed by atoms with E-state index in [1.807, 2.05) is 29.7 Å². The first-order valence-corrected chi connectivity index (χ1v) is 9.87. The quantitative estimate of drug-likeness (QED) is 0.476. The average Bonchev–Trinajstić information content (AvgIpc) is 3.31. The molecule has 0 radical (unpaired) electrons. The third-order valence-corrected chi connectivity index (χ3v) is 5.82. The Kier molecular flexibility index (Phi) is 3.92. The summed E-state index contributed by atoms with van der Waals surface area (Å²) in [7, 11) is 0. The normalized spacial score (nSPS) is 14.8. The summed E-state index contributed by atoms with van der Waals surface area (Å²) in [5, 5.41) is 4.13. The second-order valence-corrected chi connectivity index (χ2v) is 7.71. The number of benzene rings is 2. The van der Waals surface area contributed by atoms with Gasteiger partial charge in [-0.3, -0.25) is 9.36 Å². The molecule has 6 heteroatoms. The van der Waals surface area contributed by atoms with Crippen molar-refractivity contribution in [3.8, 4) is 10.6 Å². The van der Waals surface area contributed by atoms with E-state index in [0.717, 1.165) is 34.1 Å². The average molecular weight is 392 g/mol. The smallest absolute Gasteiger partial charge is 0.261 e. The van der Waals surface area contributed by atoms with E-state index in [4.69, 9.17) is 21.6 Å². The predicted octanol–water partition coefficient (Wildman–Crippen LogP) is 5.12. The highest BCUT2D eigenvalue weighted by molar-refractivity contribution is 7.13. The van der Waals surface area contributed by atoms with E-state index < -0.39 is 0 Å². The van der Waals surface area contributed by atoms with Crippen molar-refractivity contribution in [1.82, 2.24) is 14.5 Å². The van der Waals surface area contributed by atoms with Gasteiger partial charge < -0.3 is 0 Å². The Morgan fingerprint density at radius 2 is 1.96 bits per heavy atom. The predicted molar refractivity (Wildman–Crippen MR) is 111 cm³/mol. The van der Waals surface area contributed by atoms with Gasteiger partial charge in [-0.05, 0) is 36.3 Å². The number of hydrogen-bond acceptors (Lipinski definition) is 4. The first kappa shape index (κ1) is 16.4. The standard InChI is InChI=1S/C21H14ClN3OS/c22-15-6-7-18-17(11-15)21(26)25-9-8-14(19(25)24-18)10-16-12-27-20(23-16)13-4-2-1-3-5-13/h1-7,10-12H,8-9H2. The number of halogens is 1. The lowest BCUT2D eigenvalue weighted by atomic mass is 10.2. The summed E-state index contributed by atoms with van der Waals surface area (Å²) < 4.78 is 1.73. The molecule has 0 aliphatic carbocycles. The summed E-state index contributed by atoms with van der Waals surface area (Å²) >= 11 is 7.65. The minimum absolute atomic E-state index is 0.0378. The number of fused-ring (bicyclic) bond motifs is 2. The lowest BCUT2D eigenvalue weighted by molar-refractivity contribution is 0.725. The van der Waals surface area contributed by atoms with Crippen LogP contribution in [0.2, 0.25) is 5.02 Å². The van der Waals surface area contributed by atoms with Crippen LogP contribution >= 0.6 is 22.9 Å². The highest BCUT2D eigenvalue weighted by atomic mass is 35.5. The van der Waals surface area contributed by atoms with Gasteiger partial charge in [-0.1, -0.05) is 41.9 Å². The van der Waals surface area contributed by atoms with Crippen LogP contribution in [0.3, 0.4) is 0 Å². The van der Waals surface area contributed by atoms with Gasteiger partial charge in [0.2, 0.25) is 0 Å². The molecule has 132 valence electrons. The zero-order chi connectivity index (χ0) is 18.4. The van der Waals surface area contributed by atoms with Gasteiger partial charge in [-0.25, -0.2) is 9.97 Å². The Balaban J connectivity index is 1.58. The van der Waals surface area contributed by atoms with Crippen LogP contribution in [0.4, 0.5) is 0 Å². The van der Waals surface area contributed by atoms with Crippen molar-refractivity contribution < 1.29 is 0 Å². The number of allylic oxidation sites excluding steroid dienone is 1. The molecule has 0 N–H and O–H groups in total. The number of rotatable bonds is 2. The number of aromatic nitrogens is 3. The SMILES string of the molecule is O=c1c2cc(Cl)ccc2nc2n1CCC2=Cc1csc(-c2ccccc2)n1. The summed E-state index contributed by atoms with van der Waals surface area (Å²) in [4.78, 5) is 22.2. The Hall–Kier alpha value is -2.76. The minimum Gasteiger partial charge on any atom is -0.292 e. The summed E-state index contributed by atoms with van der Waals surface area (Å²) in [5.41, 5.74) is 3.67. The van der Waals surface area contributed by atoms with E-state index in [2.05, 4.69) is 12.1 Å². The van der Waals surface area contributed by atoms with Crippen LogP contribution in [-0.4, -0.2) is 14.5 Å². The summed E-state index contributed by atoms with van der Waals surface area (Å²) in [5.74, 6) is 0.726. The lowest BCUT2D eigenvalue weighted by Gasteiger charge is -2.05. The first-order valence-electron chi connectivity index (χ1n) is 8.61. The number of thiazole rings is 1. The fraction of sp³-hybridized carbons (Fsp3) is 0.0952. The molecule has 0 bridgehead atoms. The molecule has 1 aliphatic heterocycles. The summed E-state index contributed by atoms with van der Waals surface area (Å²) in [6.07, 6.45) is 2.81. The molecule has 0 fully saturated rings. The zero-order valence-electron chi connectivity index (χ0n) is 14.2. The van der Waals surface area contributed by atoms with Crippen LogP contribution in [0.25, 0.3) is 33.1 Å². The molecule has 2 aromatic heterocycles. The molecular weight excluding hydrogens is 378 g/mol. The van der Waals surface area contributed by atoms with E-state index in [1.54, 1.807) is 34.1 Å². The van der Waals surface area contributed by atoms with Gasteiger partial charge in [-0.15, -0.1) is 11.3 Å². The second-order valence-electron chi connectivity index (χ2n) is 6.42. The zero-order valence-corrected chi connectivity index (χ0v) is 15.8. The Morgan fingerprint density at radius 3 is 2.81 bits per heavy atom. The molecule has 4 aromatic rings. The van der Waals surface area contributed by atoms with Crippen molar-refractivity contribution in [2.24, 2.45) is 0 Å². The molecule has 0 saturated carbocycles. The van der Waals surface area contributed by atoms with Crippen LogP contribution < -0.4 is 5.56 Å². The van der Waals surface area contributed by atoms with Crippen LogP contribution in [0.1, 0.15) is 17.9 Å². The topological polar surface area (TPSA) is 47.8 Å². The number of nitrogens with zero attached hydrogens (tertiary/aromatic N) is 3. The molecule has 0 spiro atoms. The summed E-state index contributed by atoms with van der Waals surface area (Å²) in [6, 6.07) is 15.4. The van der Waals surface area contributed by atoms with E-state index in [1.165, 1.54) is 0 Å². The molecule has 0 atom stereocenters. The molecule has 2 aromatic carbocycles. The lowest BCUT2D eigenvalue weighted by Crippen LogP contribution is -2.20. The molecular formula is C21H14ClN3OS.